The summed E-state index contributed by atoms with van der Waals surface area (Å²) in [4.78, 5) is 33.7. The molecule has 0 fully saturated rings. The van der Waals surface area contributed by atoms with E-state index in [0.29, 0.717) is 12.3 Å². The first-order valence-electron chi connectivity index (χ1n) is 6.69. The molecule has 0 aliphatic rings. The number of carbonyl (C=O) groups excluding carboxylic acids is 2. The molecule has 1 unspecified atom stereocenters. The predicted octanol–water partition coefficient (Wildman–Crippen LogP) is 0.130. The van der Waals surface area contributed by atoms with E-state index in [1.807, 2.05) is 13.8 Å². The molecule has 0 saturated heterocycles. The summed E-state index contributed by atoms with van der Waals surface area (Å²) < 4.78 is 4.64. The summed E-state index contributed by atoms with van der Waals surface area (Å²) in [6, 6.07) is -1.38. The number of carboxylic acid groups (broad SMARTS) is 1. The fourth-order valence-corrected chi connectivity index (χ4v) is 1.85. The van der Waals surface area contributed by atoms with E-state index in [1.165, 1.54) is 0 Å². The summed E-state index contributed by atoms with van der Waals surface area (Å²) >= 11 is 0. The third kappa shape index (κ3) is 7.73. The summed E-state index contributed by atoms with van der Waals surface area (Å²) in [6.45, 7) is 5.89. The van der Waals surface area contributed by atoms with Crippen LogP contribution in [0.25, 0.3) is 0 Å². The largest absolute Gasteiger partial charge is 0.481 e. The normalized spacial score (nSPS) is 13.7. The number of ether oxygens (including phenoxy) is 1. The highest BCUT2D eigenvalue weighted by Crippen LogP contribution is 2.14. The van der Waals surface area contributed by atoms with E-state index in [9.17, 15) is 14.4 Å². The number of carboxylic acids is 1. The molecular formula is C13H24N2O5. The van der Waals surface area contributed by atoms with Gasteiger partial charge in [-0.1, -0.05) is 13.8 Å². The fourth-order valence-electron chi connectivity index (χ4n) is 1.85. The zero-order valence-electron chi connectivity index (χ0n) is 12.2. The van der Waals surface area contributed by atoms with Crippen molar-refractivity contribution in [2.24, 2.45) is 17.6 Å². The molecule has 2 atom stereocenters. The van der Waals surface area contributed by atoms with Gasteiger partial charge in [-0.05, 0) is 25.2 Å². The van der Waals surface area contributed by atoms with Crippen LogP contribution in [0.2, 0.25) is 0 Å². The molecule has 0 spiro atoms. The van der Waals surface area contributed by atoms with Crippen LogP contribution < -0.4 is 11.1 Å². The lowest BCUT2D eigenvalue weighted by Gasteiger charge is -2.19. The second-order valence-electron chi connectivity index (χ2n) is 5.07. The van der Waals surface area contributed by atoms with Gasteiger partial charge in [0.1, 0.15) is 0 Å². The number of carbonyl (C=O) groups is 3. The monoisotopic (exact) mass is 288 g/mol. The second kappa shape index (κ2) is 9.30. The molecule has 4 N–H and O–H groups in total. The number of hydrogen-bond donors (Lipinski definition) is 3. The lowest BCUT2D eigenvalue weighted by molar-refractivity contribution is -0.148. The van der Waals surface area contributed by atoms with Crippen molar-refractivity contribution in [3.05, 3.63) is 0 Å². The number of rotatable bonds is 9. The minimum atomic E-state index is -1.38. The van der Waals surface area contributed by atoms with Crippen LogP contribution in [-0.2, 0) is 19.1 Å². The van der Waals surface area contributed by atoms with E-state index in [1.54, 1.807) is 6.92 Å². The molecule has 0 radical (unpaired) electrons. The van der Waals surface area contributed by atoms with Crippen LogP contribution in [0.5, 0.6) is 0 Å². The molecule has 0 aliphatic carbocycles. The Balaban J connectivity index is 4.34. The maximum Gasteiger partial charge on any atom is 0.332 e. The summed E-state index contributed by atoms with van der Waals surface area (Å²) in [6.07, 6.45) is 0.633. The van der Waals surface area contributed by atoms with E-state index in [-0.39, 0.29) is 25.5 Å². The van der Waals surface area contributed by atoms with Crippen LogP contribution in [0.15, 0.2) is 0 Å². The van der Waals surface area contributed by atoms with Crippen LogP contribution >= 0.6 is 0 Å². The number of amides is 1. The fraction of sp³-hybridized carbons (Fsp3) is 0.769. The molecule has 0 aromatic heterocycles. The van der Waals surface area contributed by atoms with Crippen molar-refractivity contribution in [1.82, 2.24) is 5.32 Å². The first kappa shape index (κ1) is 18.4. The van der Waals surface area contributed by atoms with Crippen molar-refractivity contribution >= 4 is 17.8 Å². The van der Waals surface area contributed by atoms with Gasteiger partial charge < -0.3 is 20.9 Å². The zero-order valence-corrected chi connectivity index (χ0v) is 12.2. The number of esters is 1. The van der Waals surface area contributed by atoms with Crippen molar-refractivity contribution in [1.29, 1.82) is 0 Å². The summed E-state index contributed by atoms with van der Waals surface area (Å²) in [5, 5.41) is 11.3. The smallest absolute Gasteiger partial charge is 0.332 e. The molecule has 0 heterocycles. The Morgan fingerprint density at radius 2 is 1.90 bits per heavy atom. The maximum absolute atomic E-state index is 11.7. The third-order valence-corrected chi connectivity index (χ3v) is 2.66. The average molecular weight is 288 g/mol. The maximum atomic E-state index is 11.7. The van der Waals surface area contributed by atoms with E-state index >= 15 is 0 Å². The van der Waals surface area contributed by atoms with Crippen molar-refractivity contribution < 1.29 is 24.2 Å². The Bertz CT molecular complexity index is 344. The molecule has 0 bridgehead atoms. The van der Waals surface area contributed by atoms with E-state index in [0.717, 1.165) is 0 Å². The van der Waals surface area contributed by atoms with Crippen LogP contribution in [0.4, 0.5) is 0 Å². The van der Waals surface area contributed by atoms with E-state index in [4.69, 9.17) is 10.8 Å². The number of hydrogen-bond acceptors (Lipinski definition) is 5. The average Bonchev–Trinajstić information content (AvgIpc) is 2.33. The molecule has 0 aromatic rings. The Kier molecular flexibility index (Phi) is 8.54. The zero-order chi connectivity index (χ0) is 15.7. The Hall–Kier alpha value is -1.63. The van der Waals surface area contributed by atoms with Gasteiger partial charge in [-0.15, -0.1) is 0 Å². The molecule has 0 aliphatic heterocycles. The van der Waals surface area contributed by atoms with Crippen molar-refractivity contribution in [2.75, 3.05) is 13.2 Å². The summed E-state index contributed by atoms with van der Waals surface area (Å²) in [5.74, 6) is -2.23. The van der Waals surface area contributed by atoms with Crippen LogP contribution in [0, 0.1) is 11.8 Å². The SMILES string of the molecule is CCOC(=O)C(N)C(=O)NC[C@H](CC(=O)O)CC(C)C. The van der Waals surface area contributed by atoms with E-state index < -0.39 is 23.9 Å². The third-order valence-electron chi connectivity index (χ3n) is 2.66. The lowest BCUT2D eigenvalue weighted by Crippen LogP contribution is -2.48. The first-order valence-corrected chi connectivity index (χ1v) is 6.69. The van der Waals surface area contributed by atoms with Gasteiger partial charge in [0.2, 0.25) is 5.91 Å². The van der Waals surface area contributed by atoms with Crippen LogP contribution in [0.3, 0.4) is 0 Å². The molecule has 0 aromatic carbocycles. The second-order valence-corrected chi connectivity index (χ2v) is 5.07. The Labute approximate surface area is 118 Å². The quantitative estimate of drug-likeness (QED) is 0.410. The Morgan fingerprint density at radius 3 is 2.35 bits per heavy atom. The molecule has 0 saturated carbocycles. The van der Waals surface area contributed by atoms with Gasteiger partial charge in [-0.2, -0.15) is 0 Å². The van der Waals surface area contributed by atoms with Gasteiger partial charge in [0, 0.05) is 13.0 Å². The first-order chi connectivity index (χ1) is 9.27. The molecule has 116 valence electrons. The lowest BCUT2D eigenvalue weighted by atomic mass is 9.94. The molecular weight excluding hydrogens is 264 g/mol. The van der Waals surface area contributed by atoms with Crippen molar-refractivity contribution in [3.63, 3.8) is 0 Å². The predicted molar refractivity (Wildman–Crippen MR) is 72.8 cm³/mol. The molecule has 7 nitrogen and oxygen atoms in total. The summed E-state index contributed by atoms with van der Waals surface area (Å²) in [7, 11) is 0. The van der Waals surface area contributed by atoms with Gasteiger partial charge in [-0.25, -0.2) is 4.79 Å². The highest BCUT2D eigenvalue weighted by atomic mass is 16.5. The van der Waals surface area contributed by atoms with Crippen molar-refractivity contribution in [3.8, 4) is 0 Å². The summed E-state index contributed by atoms with van der Waals surface area (Å²) in [5.41, 5.74) is 5.43. The Morgan fingerprint density at radius 1 is 1.30 bits per heavy atom. The van der Waals surface area contributed by atoms with Gasteiger partial charge in [0.15, 0.2) is 6.04 Å². The number of aliphatic carboxylic acids is 1. The number of nitrogens with two attached hydrogens (primary N) is 1. The molecule has 1 amide bonds. The molecule has 20 heavy (non-hydrogen) atoms. The molecule has 0 rings (SSSR count). The number of nitrogens with one attached hydrogen (secondary N) is 1. The topological polar surface area (TPSA) is 119 Å². The van der Waals surface area contributed by atoms with Crippen LogP contribution in [-0.4, -0.2) is 42.1 Å². The van der Waals surface area contributed by atoms with E-state index in [2.05, 4.69) is 10.1 Å². The van der Waals surface area contributed by atoms with Crippen molar-refractivity contribution in [2.45, 2.75) is 39.7 Å². The standard InChI is InChI=1S/C13H24N2O5/c1-4-20-13(19)11(14)12(18)15-7-9(5-8(2)3)6-10(16)17/h8-9,11H,4-7,14H2,1-3H3,(H,15,18)(H,16,17)/t9-,11?/m0/s1. The minimum Gasteiger partial charge on any atom is -0.481 e. The van der Waals surface area contributed by atoms with Gasteiger partial charge in [0.25, 0.3) is 0 Å². The van der Waals surface area contributed by atoms with Crippen LogP contribution in [0.1, 0.15) is 33.6 Å². The molecule has 7 heteroatoms. The van der Waals surface area contributed by atoms with Gasteiger partial charge >= 0.3 is 11.9 Å². The van der Waals surface area contributed by atoms with Gasteiger partial charge in [-0.3, -0.25) is 9.59 Å². The highest BCUT2D eigenvalue weighted by molar-refractivity contribution is 6.01. The minimum absolute atomic E-state index is 0.0346. The van der Waals surface area contributed by atoms with Gasteiger partial charge in [0.05, 0.1) is 6.61 Å². The highest BCUT2D eigenvalue weighted by Gasteiger charge is 2.24.